The molecule has 0 aromatic heterocycles. The molecule has 58 valence electrons. The van der Waals surface area contributed by atoms with Gasteiger partial charge in [0, 0.05) is 0 Å². The number of hydrogen-bond acceptors (Lipinski definition) is 2. The quantitative estimate of drug-likeness (QED) is 0.479. The van der Waals surface area contributed by atoms with Crippen LogP contribution in [0.15, 0.2) is 11.8 Å². The van der Waals surface area contributed by atoms with Crippen molar-refractivity contribution in [1.82, 2.24) is 0 Å². The van der Waals surface area contributed by atoms with Crippen molar-refractivity contribution in [3.8, 4) is 0 Å². The SMILES string of the molecule is CO/C(=C\C(C)C)C(=O)O. The van der Waals surface area contributed by atoms with E-state index >= 15 is 0 Å². The van der Waals surface area contributed by atoms with Crippen molar-refractivity contribution < 1.29 is 14.6 Å². The van der Waals surface area contributed by atoms with Gasteiger partial charge in [-0.1, -0.05) is 13.8 Å². The number of rotatable bonds is 3. The van der Waals surface area contributed by atoms with E-state index in [2.05, 4.69) is 4.74 Å². The minimum atomic E-state index is -1.02. The molecular weight excluding hydrogens is 132 g/mol. The highest BCUT2D eigenvalue weighted by Gasteiger charge is 2.05. The third-order valence-corrected chi connectivity index (χ3v) is 0.915. The lowest BCUT2D eigenvalue weighted by Gasteiger charge is -2.00. The van der Waals surface area contributed by atoms with E-state index in [1.807, 2.05) is 13.8 Å². The summed E-state index contributed by atoms with van der Waals surface area (Å²) in [7, 11) is 1.35. The Bertz CT molecular complexity index is 147. The number of ether oxygens (including phenoxy) is 1. The van der Waals surface area contributed by atoms with Crippen molar-refractivity contribution in [1.29, 1.82) is 0 Å². The van der Waals surface area contributed by atoms with Gasteiger partial charge in [-0.2, -0.15) is 0 Å². The van der Waals surface area contributed by atoms with E-state index in [9.17, 15) is 4.79 Å². The van der Waals surface area contributed by atoms with Gasteiger partial charge in [-0.05, 0) is 12.0 Å². The van der Waals surface area contributed by atoms with Crippen molar-refractivity contribution in [3.63, 3.8) is 0 Å². The summed E-state index contributed by atoms with van der Waals surface area (Å²) in [5.74, 6) is -0.808. The number of aliphatic carboxylic acids is 1. The first-order chi connectivity index (χ1) is 4.57. The molecule has 1 N–H and O–H groups in total. The Kier molecular flexibility index (Phi) is 3.54. The van der Waals surface area contributed by atoms with Crippen LogP contribution in [-0.4, -0.2) is 18.2 Å². The zero-order chi connectivity index (χ0) is 8.15. The summed E-state index contributed by atoms with van der Waals surface area (Å²) < 4.78 is 4.58. The maximum Gasteiger partial charge on any atom is 0.370 e. The molecule has 3 heteroatoms. The van der Waals surface area contributed by atoms with E-state index in [-0.39, 0.29) is 11.7 Å². The van der Waals surface area contributed by atoms with Gasteiger partial charge in [-0.25, -0.2) is 4.79 Å². The van der Waals surface area contributed by atoms with Crippen molar-refractivity contribution >= 4 is 5.97 Å². The van der Waals surface area contributed by atoms with Crippen LogP contribution in [0, 0.1) is 5.92 Å². The molecule has 0 heterocycles. The van der Waals surface area contributed by atoms with Gasteiger partial charge in [0.1, 0.15) is 0 Å². The number of hydrogen-bond donors (Lipinski definition) is 1. The Morgan fingerprint density at radius 2 is 2.10 bits per heavy atom. The van der Waals surface area contributed by atoms with E-state index in [0.29, 0.717) is 0 Å². The number of allylic oxidation sites excluding steroid dienone is 1. The second-order valence-corrected chi connectivity index (χ2v) is 2.28. The monoisotopic (exact) mass is 144 g/mol. The maximum absolute atomic E-state index is 10.3. The molecule has 0 amide bonds. The third kappa shape index (κ3) is 3.12. The molecule has 0 fully saturated rings. The van der Waals surface area contributed by atoms with Crippen LogP contribution in [0.4, 0.5) is 0 Å². The van der Waals surface area contributed by atoms with Crippen LogP contribution in [0.25, 0.3) is 0 Å². The largest absolute Gasteiger partial charge is 0.490 e. The summed E-state index contributed by atoms with van der Waals surface area (Å²) in [5.41, 5.74) is 0. The Balaban J connectivity index is 4.19. The Morgan fingerprint density at radius 3 is 2.20 bits per heavy atom. The van der Waals surface area contributed by atoms with Gasteiger partial charge in [0.05, 0.1) is 7.11 Å². The standard InChI is InChI=1S/C7H12O3/c1-5(2)4-6(10-3)7(8)9/h4-5H,1-3H3,(H,8,9)/b6-4-. The van der Waals surface area contributed by atoms with Crippen molar-refractivity contribution in [3.05, 3.63) is 11.8 Å². The summed E-state index contributed by atoms with van der Waals surface area (Å²) in [6, 6.07) is 0. The van der Waals surface area contributed by atoms with E-state index in [1.165, 1.54) is 7.11 Å². The first-order valence-corrected chi connectivity index (χ1v) is 3.07. The lowest BCUT2D eigenvalue weighted by atomic mass is 10.2. The van der Waals surface area contributed by atoms with E-state index in [4.69, 9.17) is 5.11 Å². The van der Waals surface area contributed by atoms with Crippen LogP contribution in [0.1, 0.15) is 13.8 Å². The Morgan fingerprint density at radius 1 is 1.60 bits per heavy atom. The molecular formula is C7H12O3. The van der Waals surface area contributed by atoms with Gasteiger partial charge in [0.25, 0.3) is 0 Å². The molecule has 0 atom stereocenters. The number of methoxy groups -OCH3 is 1. The van der Waals surface area contributed by atoms with Crippen LogP contribution in [0.2, 0.25) is 0 Å². The molecule has 10 heavy (non-hydrogen) atoms. The van der Waals surface area contributed by atoms with Gasteiger partial charge in [0.2, 0.25) is 0 Å². The Hall–Kier alpha value is -0.990. The van der Waals surface area contributed by atoms with Crippen LogP contribution in [0.5, 0.6) is 0 Å². The molecule has 0 spiro atoms. The second kappa shape index (κ2) is 3.93. The molecule has 0 saturated carbocycles. The molecule has 0 aromatic rings. The van der Waals surface area contributed by atoms with Crippen LogP contribution in [-0.2, 0) is 9.53 Å². The second-order valence-electron chi connectivity index (χ2n) is 2.28. The molecule has 0 aliphatic carbocycles. The highest BCUT2D eigenvalue weighted by atomic mass is 16.5. The molecule has 0 saturated heterocycles. The van der Waals surface area contributed by atoms with Gasteiger partial charge < -0.3 is 9.84 Å². The van der Waals surface area contributed by atoms with E-state index < -0.39 is 5.97 Å². The molecule has 0 radical (unpaired) electrons. The zero-order valence-electron chi connectivity index (χ0n) is 6.42. The fraction of sp³-hybridized carbons (Fsp3) is 0.571. The Labute approximate surface area is 60.3 Å². The minimum absolute atomic E-state index is 0.00926. The third-order valence-electron chi connectivity index (χ3n) is 0.915. The van der Waals surface area contributed by atoms with Gasteiger partial charge >= 0.3 is 5.97 Å². The highest BCUT2D eigenvalue weighted by molar-refractivity contribution is 5.84. The number of carboxylic acid groups (broad SMARTS) is 1. The van der Waals surface area contributed by atoms with Crippen LogP contribution >= 0.6 is 0 Å². The average molecular weight is 144 g/mol. The van der Waals surface area contributed by atoms with Gasteiger partial charge in [-0.3, -0.25) is 0 Å². The number of carbonyl (C=O) groups is 1. The van der Waals surface area contributed by atoms with Crippen LogP contribution < -0.4 is 0 Å². The minimum Gasteiger partial charge on any atom is -0.490 e. The molecule has 0 aromatic carbocycles. The van der Waals surface area contributed by atoms with E-state index in [1.54, 1.807) is 6.08 Å². The zero-order valence-corrected chi connectivity index (χ0v) is 6.42. The predicted molar refractivity (Wildman–Crippen MR) is 37.6 cm³/mol. The molecule has 0 aliphatic rings. The van der Waals surface area contributed by atoms with E-state index in [0.717, 1.165) is 0 Å². The molecule has 0 bridgehead atoms. The maximum atomic E-state index is 10.3. The summed E-state index contributed by atoms with van der Waals surface area (Å²) in [5, 5.41) is 8.43. The van der Waals surface area contributed by atoms with Crippen molar-refractivity contribution in [2.45, 2.75) is 13.8 Å². The van der Waals surface area contributed by atoms with Crippen molar-refractivity contribution in [2.75, 3.05) is 7.11 Å². The summed E-state index contributed by atoms with van der Waals surface area (Å²) in [6.45, 7) is 3.78. The molecule has 3 nitrogen and oxygen atoms in total. The topological polar surface area (TPSA) is 46.5 Å². The highest BCUT2D eigenvalue weighted by Crippen LogP contribution is 2.02. The first-order valence-electron chi connectivity index (χ1n) is 3.07. The molecule has 0 unspecified atom stereocenters. The molecule has 0 rings (SSSR count). The van der Waals surface area contributed by atoms with Gasteiger partial charge in [-0.15, -0.1) is 0 Å². The smallest absolute Gasteiger partial charge is 0.370 e. The van der Waals surface area contributed by atoms with Gasteiger partial charge in [0.15, 0.2) is 5.76 Å². The fourth-order valence-electron chi connectivity index (χ4n) is 0.529. The summed E-state index contributed by atoms with van der Waals surface area (Å²) >= 11 is 0. The van der Waals surface area contributed by atoms with Crippen molar-refractivity contribution in [2.24, 2.45) is 5.92 Å². The average Bonchev–Trinajstić information content (AvgIpc) is 1.81. The fourth-order valence-corrected chi connectivity index (χ4v) is 0.529. The molecule has 0 aliphatic heterocycles. The lowest BCUT2D eigenvalue weighted by molar-refractivity contribution is -0.136. The summed E-state index contributed by atoms with van der Waals surface area (Å²) in [4.78, 5) is 10.3. The number of carboxylic acids is 1. The predicted octanol–water partition coefficient (Wildman–Crippen LogP) is 1.26. The lowest BCUT2D eigenvalue weighted by Crippen LogP contribution is -2.03. The normalized spacial score (nSPS) is 11.8. The first kappa shape index (κ1) is 9.01. The summed E-state index contributed by atoms with van der Waals surface area (Å²) in [6.07, 6.45) is 1.56. The van der Waals surface area contributed by atoms with Crippen LogP contribution in [0.3, 0.4) is 0 Å².